The molecule has 3 rings (SSSR count). The average Bonchev–Trinajstić information content (AvgIpc) is 2.75. The predicted molar refractivity (Wildman–Crippen MR) is 106 cm³/mol. The number of carbonyl (C=O) groups excluding carboxylic acids is 2. The molecule has 0 bridgehead atoms. The van der Waals surface area contributed by atoms with E-state index in [0.717, 1.165) is 0 Å². The maximum absolute atomic E-state index is 12.8. The highest BCUT2D eigenvalue weighted by Gasteiger charge is 2.27. The minimum atomic E-state index is -3.72. The molecule has 0 spiro atoms. The van der Waals surface area contributed by atoms with Crippen molar-refractivity contribution in [3.05, 3.63) is 59.7 Å². The summed E-state index contributed by atoms with van der Waals surface area (Å²) in [6.45, 7) is 3.12. The van der Waals surface area contributed by atoms with Crippen LogP contribution in [0.15, 0.2) is 53.4 Å². The second kappa shape index (κ2) is 9.17. The number of carbonyl (C=O) groups is 2. The molecule has 1 amide bonds. The number of hydrogen-bond acceptors (Lipinski definition) is 6. The van der Waals surface area contributed by atoms with Crippen LogP contribution in [0.4, 0.5) is 5.69 Å². The van der Waals surface area contributed by atoms with Crippen LogP contribution >= 0.6 is 0 Å². The number of sulfonamides is 1. The second-order valence-corrected chi connectivity index (χ2v) is 8.20. The number of esters is 1. The standard InChI is InChI=1S/C20H22N2O6S/c1-2-28-20(24)17-8-3-4-9-18(17)21-19(23)15-6-5-7-16(14-15)29(25,26)22-10-12-27-13-11-22/h3-9,14H,2,10-13H2,1H3,(H,21,23). The number of amides is 1. The molecule has 0 atom stereocenters. The van der Waals surface area contributed by atoms with Gasteiger partial charge >= 0.3 is 5.97 Å². The fourth-order valence-corrected chi connectivity index (χ4v) is 4.36. The van der Waals surface area contributed by atoms with Crippen LogP contribution < -0.4 is 5.32 Å². The van der Waals surface area contributed by atoms with Gasteiger partial charge in [0.15, 0.2) is 0 Å². The molecule has 1 saturated heterocycles. The molecule has 154 valence electrons. The van der Waals surface area contributed by atoms with Gasteiger partial charge in [-0.1, -0.05) is 18.2 Å². The molecule has 1 aliphatic heterocycles. The first-order valence-electron chi connectivity index (χ1n) is 9.19. The summed E-state index contributed by atoms with van der Waals surface area (Å²) in [7, 11) is -3.72. The summed E-state index contributed by atoms with van der Waals surface area (Å²) >= 11 is 0. The van der Waals surface area contributed by atoms with E-state index in [-0.39, 0.29) is 41.4 Å². The van der Waals surface area contributed by atoms with Crippen molar-refractivity contribution in [2.24, 2.45) is 0 Å². The van der Waals surface area contributed by atoms with Crippen LogP contribution in [0.2, 0.25) is 0 Å². The molecule has 9 heteroatoms. The first-order chi connectivity index (χ1) is 13.9. The van der Waals surface area contributed by atoms with Gasteiger partial charge in [-0.05, 0) is 37.3 Å². The van der Waals surface area contributed by atoms with Gasteiger partial charge in [0.25, 0.3) is 5.91 Å². The molecule has 29 heavy (non-hydrogen) atoms. The second-order valence-electron chi connectivity index (χ2n) is 6.26. The third-order valence-corrected chi connectivity index (χ3v) is 6.27. The van der Waals surface area contributed by atoms with Gasteiger partial charge in [-0.3, -0.25) is 4.79 Å². The summed E-state index contributed by atoms with van der Waals surface area (Å²) in [4.78, 5) is 24.8. The zero-order valence-electron chi connectivity index (χ0n) is 16.0. The number of hydrogen-bond donors (Lipinski definition) is 1. The Morgan fingerprint density at radius 1 is 1.10 bits per heavy atom. The van der Waals surface area contributed by atoms with Crippen molar-refractivity contribution in [1.82, 2.24) is 4.31 Å². The molecule has 2 aromatic rings. The highest BCUT2D eigenvalue weighted by Crippen LogP contribution is 2.21. The number of nitrogens with zero attached hydrogens (tertiary/aromatic N) is 1. The maximum Gasteiger partial charge on any atom is 0.340 e. The SMILES string of the molecule is CCOC(=O)c1ccccc1NC(=O)c1cccc(S(=O)(=O)N2CCOCC2)c1. The quantitative estimate of drug-likeness (QED) is 0.721. The van der Waals surface area contributed by atoms with Gasteiger partial charge in [-0.2, -0.15) is 4.31 Å². The molecule has 0 saturated carbocycles. The highest BCUT2D eigenvalue weighted by molar-refractivity contribution is 7.89. The van der Waals surface area contributed by atoms with Crippen molar-refractivity contribution in [2.45, 2.75) is 11.8 Å². The lowest BCUT2D eigenvalue weighted by Crippen LogP contribution is -2.40. The third-order valence-electron chi connectivity index (χ3n) is 4.37. The van der Waals surface area contributed by atoms with Crippen LogP contribution in [0.5, 0.6) is 0 Å². The van der Waals surface area contributed by atoms with E-state index in [2.05, 4.69) is 5.32 Å². The Labute approximate surface area is 169 Å². The van der Waals surface area contributed by atoms with Gasteiger partial charge in [0, 0.05) is 18.7 Å². The van der Waals surface area contributed by atoms with Crippen molar-refractivity contribution < 1.29 is 27.5 Å². The topological polar surface area (TPSA) is 102 Å². The number of nitrogens with one attached hydrogen (secondary N) is 1. The van der Waals surface area contributed by atoms with E-state index in [1.165, 1.54) is 28.6 Å². The summed E-state index contributed by atoms with van der Waals surface area (Å²) in [5.74, 6) is -1.08. The van der Waals surface area contributed by atoms with Gasteiger partial charge in [0.2, 0.25) is 10.0 Å². The van der Waals surface area contributed by atoms with E-state index in [1.54, 1.807) is 31.2 Å². The van der Waals surface area contributed by atoms with Gasteiger partial charge in [0.05, 0.1) is 36.0 Å². The van der Waals surface area contributed by atoms with Gasteiger partial charge < -0.3 is 14.8 Å². The van der Waals surface area contributed by atoms with Crippen LogP contribution in [0.25, 0.3) is 0 Å². The fourth-order valence-electron chi connectivity index (χ4n) is 2.91. The molecule has 1 heterocycles. The Bertz CT molecular complexity index is 1000. The number of rotatable bonds is 6. The summed E-state index contributed by atoms with van der Waals surface area (Å²) in [5.41, 5.74) is 0.676. The van der Waals surface area contributed by atoms with E-state index in [9.17, 15) is 18.0 Å². The monoisotopic (exact) mass is 418 g/mol. The normalized spacial score (nSPS) is 14.9. The van der Waals surface area contributed by atoms with Crippen LogP contribution in [-0.4, -0.2) is 57.5 Å². The van der Waals surface area contributed by atoms with E-state index in [0.29, 0.717) is 13.2 Å². The Morgan fingerprint density at radius 2 is 1.83 bits per heavy atom. The zero-order valence-corrected chi connectivity index (χ0v) is 16.8. The smallest absolute Gasteiger partial charge is 0.340 e. The minimum Gasteiger partial charge on any atom is -0.462 e. The minimum absolute atomic E-state index is 0.0331. The Morgan fingerprint density at radius 3 is 2.55 bits per heavy atom. The first-order valence-corrected chi connectivity index (χ1v) is 10.6. The van der Waals surface area contributed by atoms with E-state index < -0.39 is 21.9 Å². The van der Waals surface area contributed by atoms with Gasteiger partial charge in [-0.15, -0.1) is 0 Å². The third kappa shape index (κ3) is 4.81. The summed E-state index contributed by atoms with van der Waals surface area (Å²) in [5, 5.41) is 2.66. The van der Waals surface area contributed by atoms with E-state index >= 15 is 0 Å². The molecule has 0 aliphatic carbocycles. The molecule has 8 nitrogen and oxygen atoms in total. The number of para-hydroxylation sites is 1. The van der Waals surface area contributed by atoms with Gasteiger partial charge in [-0.25, -0.2) is 13.2 Å². The molecule has 0 aromatic heterocycles. The molecule has 1 aliphatic rings. The van der Waals surface area contributed by atoms with Crippen LogP contribution in [0, 0.1) is 0 Å². The van der Waals surface area contributed by atoms with Crippen LogP contribution in [-0.2, 0) is 19.5 Å². The van der Waals surface area contributed by atoms with Crippen LogP contribution in [0.3, 0.4) is 0 Å². The van der Waals surface area contributed by atoms with Crippen molar-refractivity contribution in [3.63, 3.8) is 0 Å². The van der Waals surface area contributed by atoms with Crippen molar-refractivity contribution in [2.75, 3.05) is 38.2 Å². The predicted octanol–water partition coefficient (Wildman–Crippen LogP) is 2.14. The number of ether oxygens (including phenoxy) is 2. The summed E-state index contributed by atoms with van der Waals surface area (Å²) in [6, 6.07) is 12.3. The zero-order chi connectivity index (χ0) is 20.9. The molecular weight excluding hydrogens is 396 g/mol. The Balaban J connectivity index is 1.83. The largest absolute Gasteiger partial charge is 0.462 e. The summed E-state index contributed by atoms with van der Waals surface area (Å²) in [6.07, 6.45) is 0. The molecule has 1 fully saturated rings. The molecular formula is C20H22N2O6S. The van der Waals surface area contributed by atoms with Crippen molar-refractivity contribution >= 4 is 27.6 Å². The first kappa shape index (κ1) is 21.0. The summed E-state index contributed by atoms with van der Waals surface area (Å²) < 4.78 is 37.2. The van der Waals surface area contributed by atoms with E-state index in [4.69, 9.17) is 9.47 Å². The van der Waals surface area contributed by atoms with Gasteiger partial charge in [0.1, 0.15) is 0 Å². The van der Waals surface area contributed by atoms with Crippen molar-refractivity contribution in [1.29, 1.82) is 0 Å². The number of anilines is 1. The number of morpholine rings is 1. The lowest BCUT2D eigenvalue weighted by atomic mass is 10.1. The maximum atomic E-state index is 12.8. The average molecular weight is 418 g/mol. The lowest BCUT2D eigenvalue weighted by Gasteiger charge is -2.26. The molecule has 1 N–H and O–H groups in total. The molecule has 0 unspecified atom stereocenters. The van der Waals surface area contributed by atoms with Crippen molar-refractivity contribution in [3.8, 4) is 0 Å². The number of benzene rings is 2. The highest BCUT2D eigenvalue weighted by atomic mass is 32.2. The molecule has 0 radical (unpaired) electrons. The van der Waals surface area contributed by atoms with Crippen LogP contribution in [0.1, 0.15) is 27.6 Å². The molecule has 2 aromatic carbocycles. The fraction of sp³-hybridized carbons (Fsp3) is 0.300. The van der Waals surface area contributed by atoms with E-state index in [1.807, 2.05) is 0 Å². The Kier molecular flexibility index (Phi) is 6.63. The lowest BCUT2D eigenvalue weighted by molar-refractivity contribution is 0.0527. The Hall–Kier alpha value is -2.75.